The van der Waals surface area contributed by atoms with Crippen molar-refractivity contribution in [3.05, 3.63) is 65.9 Å². The molecule has 0 aliphatic heterocycles. The number of aromatic nitrogens is 1. The van der Waals surface area contributed by atoms with Crippen molar-refractivity contribution in [1.29, 1.82) is 0 Å². The second kappa shape index (κ2) is 7.09. The number of nitrogens with zero attached hydrogens (tertiary/aromatic N) is 1. The van der Waals surface area contributed by atoms with Crippen LogP contribution < -0.4 is 11.1 Å². The Morgan fingerprint density at radius 2 is 1.84 bits per heavy atom. The highest BCUT2D eigenvalue weighted by Gasteiger charge is 2.19. The van der Waals surface area contributed by atoms with Gasteiger partial charge >= 0.3 is 6.09 Å². The van der Waals surface area contributed by atoms with Gasteiger partial charge in [-0.25, -0.2) is 4.79 Å². The van der Waals surface area contributed by atoms with Gasteiger partial charge in [0, 0.05) is 11.3 Å². The summed E-state index contributed by atoms with van der Waals surface area (Å²) < 4.78 is 10.8. The number of ether oxygens (including phenoxy) is 1. The summed E-state index contributed by atoms with van der Waals surface area (Å²) in [6.07, 6.45) is -0.944. The van der Waals surface area contributed by atoms with Crippen LogP contribution in [0.2, 0.25) is 0 Å². The molecule has 2 aromatic carbocycles. The summed E-state index contributed by atoms with van der Waals surface area (Å²) in [5, 5.41) is 6.65. The van der Waals surface area contributed by atoms with Gasteiger partial charge in [0.05, 0.1) is 0 Å². The fraction of sp³-hybridized carbons (Fsp3) is 0.158. The average Bonchev–Trinajstić information content (AvgIpc) is 2.97. The third-order valence-electron chi connectivity index (χ3n) is 3.82. The van der Waals surface area contributed by atoms with Crippen LogP contribution >= 0.6 is 0 Å². The van der Waals surface area contributed by atoms with Crippen molar-refractivity contribution in [3.63, 3.8) is 0 Å². The van der Waals surface area contributed by atoms with Gasteiger partial charge in [-0.1, -0.05) is 35.5 Å². The van der Waals surface area contributed by atoms with Gasteiger partial charge in [-0.05, 0) is 43.7 Å². The number of rotatable bonds is 4. The van der Waals surface area contributed by atoms with Gasteiger partial charge in [0.2, 0.25) is 0 Å². The molecule has 3 aromatic rings. The molecule has 0 aliphatic rings. The van der Waals surface area contributed by atoms with Crippen LogP contribution in [0.1, 0.15) is 24.3 Å². The Morgan fingerprint density at radius 3 is 2.52 bits per heavy atom. The van der Waals surface area contributed by atoms with E-state index in [1.807, 2.05) is 37.3 Å². The number of anilines is 2. The summed E-state index contributed by atoms with van der Waals surface area (Å²) in [6.45, 7) is 3.57. The smallest absolute Gasteiger partial charge is 0.412 e. The van der Waals surface area contributed by atoms with E-state index >= 15 is 0 Å². The molecule has 1 atom stereocenters. The molecule has 0 bridgehead atoms. The van der Waals surface area contributed by atoms with Crippen molar-refractivity contribution >= 4 is 17.5 Å². The summed E-state index contributed by atoms with van der Waals surface area (Å²) in [4.78, 5) is 12.3. The summed E-state index contributed by atoms with van der Waals surface area (Å²) in [6, 6.07) is 16.6. The van der Waals surface area contributed by atoms with Crippen molar-refractivity contribution in [3.8, 4) is 11.3 Å². The molecule has 3 N–H and O–H groups in total. The molecule has 0 radical (unpaired) electrons. The second-order valence-electron chi connectivity index (χ2n) is 5.68. The number of carbonyl (C=O) groups excluding carboxylic acids is 1. The van der Waals surface area contributed by atoms with Crippen LogP contribution in [0, 0.1) is 6.92 Å². The van der Waals surface area contributed by atoms with Crippen LogP contribution in [0.3, 0.4) is 0 Å². The normalized spacial score (nSPS) is 11.8. The van der Waals surface area contributed by atoms with Gasteiger partial charge in [0.1, 0.15) is 17.5 Å². The van der Waals surface area contributed by atoms with Crippen LogP contribution in [0.5, 0.6) is 0 Å². The molecule has 1 amide bonds. The lowest BCUT2D eigenvalue weighted by Crippen LogP contribution is -2.16. The van der Waals surface area contributed by atoms with E-state index in [1.165, 1.54) is 0 Å². The summed E-state index contributed by atoms with van der Waals surface area (Å²) in [5.41, 5.74) is 9.07. The van der Waals surface area contributed by atoms with Crippen LogP contribution in [0.4, 0.5) is 16.2 Å². The monoisotopic (exact) mass is 337 g/mol. The third kappa shape index (κ3) is 3.80. The van der Waals surface area contributed by atoms with Crippen molar-refractivity contribution in [1.82, 2.24) is 5.16 Å². The molecule has 0 fully saturated rings. The molecule has 6 nitrogen and oxygen atoms in total. The second-order valence-corrected chi connectivity index (χ2v) is 5.68. The highest BCUT2D eigenvalue weighted by molar-refractivity contribution is 5.90. The lowest BCUT2D eigenvalue weighted by Gasteiger charge is -2.14. The molecule has 3 rings (SSSR count). The maximum absolute atomic E-state index is 12.3. The quantitative estimate of drug-likeness (QED) is 0.682. The Labute approximate surface area is 145 Å². The van der Waals surface area contributed by atoms with Crippen LogP contribution in [0.25, 0.3) is 11.3 Å². The minimum Gasteiger partial charge on any atom is -0.441 e. The van der Waals surface area contributed by atoms with Gasteiger partial charge in [0.15, 0.2) is 5.76 Å². The van der Waals surface area contributed by atoms with E-state index in [0.29, 0.717) is 22.8 Å². The molecule has 25 heavy (non-hydrogen) atoms. The highest BCUT2D eigenvalue weighted by atomic mass is 16.6. The molecule has 0 saturated heterocycles. The molecule has 128 valence electrons. The minimum atomic E-state index is -0.570. The Morgan fingerprint density at radius 1 is 1.16 bits per heavy atom. The maximum atomic E-state index is 12.3. The van der Waals surface area contributed by atoms with Crippen molar-refractivity contribution < 1.29 is 14.1 Å². The lowest BCUT2D eigenvalue weighted by molar-refractivity contribution is 0.121. The molecule has 0 spiro atoms. The SMILES string of the molecule is Cc1noc(-c2ccc(N)cc2)c1NC(=O)OC(C)c1ccccc1. The van der Waals surface area contributed by atoms with Gasteiger partial charge in [-0.15, -0.1) is 0 Å². The van der Waals surface area contributed by atoms with Crippen LogP contribution in [-0.4, -0.2) is 11.2 Å². The van der Waals surface area contributed by atoms with E-state index in [4.69, 9.17) is 15.0 Å². The first-order valence-electron chi connectivity index (χ1n) is 7.89. The molecular weight excluding hydrogens is 318 g/mol. The number of aryl methyl sites for hydroxylation is 1. The standard InChI is InChI=1S/C19H19N3O3/c1-12-17(18(25-22-12)15-8-10-16(20)11-9-15)21-19(23)24-13(2)14-6-4-3-5-7-14/h3-11,13H,20H2,1-2H3,(H,21,23). The summed E-state index contributed by atoms with van der Waals surface area (Å²) in [7, 11) is 0. The first-order valence-corrected chi connectivity index (χ1v) is 7.89. The van der Waals surface area contributed by atoms with Gasteiger partial charge in [0.25, 0.3) is 0 Å². The van der Waals surface area contributed by atoms with Gasteiger partial charge in [-0.2, -0.15) is 0 Å². The molecule has 1 unspecified atom stereocenters. The van der Waals surface area contributed by atoms with E-state index in [1.54, 1.807) is 31.2 Å². The van der Waals surface area contributed by atoms with E-state index in [-0.39, 0.29) is 6.10 Å². The van der Waals surface area contributed by atoms with Gasteiger partial charge < -0.3 is 15.0 Å². The van der Waals surface area contributed by atoms with Crippen molar-refractivity contribution in [2.45, 2.75) is 20.0 Å². The first-order chi connectivity index (χ1) is 12.0. The fourth-order valence-electron chi connectivity index (χ4n) is 2.43. The average molecular weight is 337 g/mol. The van der Waals surface area contributed by atoms with Crippen molar-refractivity contribution in [2.75, 3.05) is 11.1 Å². The first kappa shape index (κ1) is 16.6. The Bertz CT molecular complexity index is 857. The van der Waals surface area contributed by atoms with Crippen molar-refractivity contribution in [2.24, 2.45) is 0 Å². The number of amides is 1. The zero-order chi connectivity index (χ0) is 17.8. The molecular formula is C19H19N3O3. The minimum absolute atomic E-state index is 0.374. The number of nitrogens with two attached hydrogens (primary N) is 1. The molecule has 1 heterocycles. The number of hydrogen-bond acceptors (Lipinski definition) is 5. The van der Waals surface area contributed by atoms with Gasteiger partial charge in [-0.3, -0.25) is 5.32 Å². The molecule has 0 aliphatic carbocycles. The molecule has 6 heteroatoms. The molecule has 0 saturated carbocycles. The summed E-state index contributed by atoms with van der Waals surface area (Å²) in [5.74, 6) is 0.460. The topological polar surface area (TPSA) is 90.4 Å². The zero-order valence-corrected chi connectivity index (χ0v) is 14.0. The van der Waals surface area contributed by atoms with E-state index in [0.717, 1.165) is 11.1 Å². The summed E-state index contributed by atoms with van der Waals surface area (Å²) >= 11 is 0. The number of hydrogen-bond donors (Lipinski definition) is 2. The van der Waals surface area contributed by atoms with Crippen LogP contribution in [0.15, 0.2) is 59.1 Å². The number of nitrogen functional groups attached to an aromatic ring is 1. The Kier molecular flexibility index (Phi) is 4.70. The highest BCUT2D eigenvalue weighted by Crippen LogP contribution is 2.31. The Hall–Kier alpha value is -3.28. The third-order valence-corrected chi connectivity index (χ3v) is 3.82. The molecule has 1 aromatic heterocycles. The number of nitrogens with one attached hydrogen (secondary N) is 1. The largest absolute Gasteiger partial charge is 0.441 e. The fourth-order valence-corrected chi connectivity index (χ4v) is 2.43. The Balaban J connectivity index is 1.75. The zero-order valence-electron chi connectivity index (χ0n) is 14.0. The van der Waals surface area contributed by atoms with E-state index in [2.05, 4.69) is 10.5 Å². The predicted octanol–water partition coefficient (Wildman–Crippen LogP) is 4.54. The number of carbonyl (C=O) groups is 1. The van der Waals surface area contributed by atoms with E-state index < -0.39 is 6.09 Å². The van der Waals surface area contributed by atoms with Crippen LogP contribution in [-0.2, 0) is 4.74 Å². The predicted molar refractivity (Wildman–Crippen MR) is 96.0 cm³/mol. The lowest BCUT2D eigenvalue weighted by atomic mass is 10.1. The maximum Gasteiger partial charge on any atom is 0.412 e. The number of benzene rings is 2. The van der Waals surface area contributed by atoms with E-state index in [9.17, 15) is 4.79 Å².